The molecule has 1 heterocycles. The Morgan fingerprint density at radius 2 is 2.25 bits per heavy atom. The van der Waals surface area contributed by atoms with Gasteiger partial charge in [0.15, 0.2) is 11.9 Å². The van der Waals surface area contributed by atoms with Gasteiger partial charge >= 0.3 is 6.09 Å². The van der Waals surface area contributed by atoms with Gasteiger partial charge < -0.3 is 17.5 Å². The molecule has 1 rings (SSSR count). The van der Waals surface area contributed by atoms with E-state index in [-0.39, 0.29) is 12.4 Å². The monoisotopic (exact) mass is 187 g/mol. The van der Waals surface area contributed by atoms with E-state index in [1.807, 2.05) is 13.0 Å². The third kappa shape index (κ3) is 2.20. The smallest absolute Gasteiger partial charge is 0.599 e. The van der Waals surface area contributed by atoms with Crippen LogP contribution < -0.4 is 17.0 Å². The summed E-state index contributed by atoms with van der Waals surface area (Å²) in [5, 5.41) is 8.66. The van der Waals surface area contributed by atoms with Crippen LogP contribution in [-0.2, 0) is 6.42 Å². The van der Waals surface area contributed by atoms with Crippen LogP contribution in [0.1, 0.15) is 12.6 Å². The van der Waals surface area contributed by atoms with Crippen LogP contribution in [-0.4, -0.2) is 11.2 Å². The van der Waals surface area contributed by atoms with Crippen LogP contribution in [0.5, 0.6) is 0 Å². The Kier molecular flexibility index (Phi) is 4.29. The maximum Gasteiger partial charge on any atom is 0.599 e. The van der Waals surface area contributed by atoms with E-state index >= 15 is 0 Å². The Morgan fingerprint density at radius 3 is 2.67 bits per heavy atom. The minimum Gasteiger partial charge on any atom is -1.00 e. The standard InChI is InChI=1S/C8H9NO2.ClH/c1-2-7-5-3-4-6-9(7)8(10)11;/h3-6H,2H2,1H3;1H. The maximum absolute atomic E-state index is 10.5. The van der Waals surface area contributed by atoms with Crippen LogP contribution in [0.15, 0.2) is 24.4 Å². The molecule has 0 saturated carbocycles. The molecule has 0 aromatic carbocycles. The second-order valence-electron chi connectivity index (χ2n) is 2.20. The molecule has 1 N–H and O–H groups in total. The number of aryl methyl sites for hydroxylation is 1. The highest BCUT2D eigenvalue weighted by atomic mass is 35.5. The number of pyridine rings is 1. The molecule has 0 unspecified atom stereocenters. The molecule has 0 saturated heterocycles. The Morgan fingerprint density at radius 1 is 1.58 bits per heavy atom. The fourth-order valence-corrected chi connectivity index (χ4v) is 0.953. The van der Waals surface area contributed by atoms with Crippen LogP contribution in [0, 0.1) is 0 Å². The number of aromatic nitrogens is 1. The molecule has 1 aromatic heterocycles. The van der Waals surface area contributed by atoms with Gasteiger partial charge in [-0.25, -0.2) is 0 Å². The highest BCUT2D eigenvalue weighted by Gasteiger charge is 2.15. The SMILES string of the molecule is CCc1cccc[n+]1C(=O)O.[Cl-]. The highest BCUT2D eigenvalue weighted by molar-refractivity contribution is 5.53. The fraction of sp³-hybridized carbons (Fsp3) is 0.250. The lowest BCUT2D eigenvalue weighted by Gasteiger charge is -1.92. The van der Waals surface area contributed by atoms with Crippen molar-refractivity contribution in [3.05, 3.63) is 30.1 Å². The molecule has 12 heavy (non-hydrogen) atoms. The first kappa shape index (κ1) is 10.9. The lowest BCUT2D eigenvalue weighted by Crippen LogP contribution is -3.00. The lowest BCUT2D eigenvalue weighted by molar-refractivity contribution is -0.592. The summed E-state index contributed by atoms with van der Waals surface area (Å²) in [5.41, 5.74) is 0.806. The average molecular weight is 188 g/mol. The van der Waals surface area contributed by atoms with Crippen molar-refractivity contribution in [1.29, 1.82) is 0 Å². The van der Waals surface area contributed by atoms with Gasteiger partial charge in [0.2, 0.25) is 0 Å². The molecule has 0 spiro atoms. The van der Waals surface area contributed by atoms with Gasteiger partial charge in [0.05, 0.1) is 0 Å². The van der Waals surface area contributed by atoms with Gasteiger partial charge in [0.25, 0.3) is 0 Å². The normalized spacial score (nSPS) is 8.75. The van der Waals surface area contributed by atoms with E-state index in [1.54, 1.807) is 18.3 Å². The first-order chi connectivity index (χ1) is 5.25. The molecule has 3 nitrogen and oxygen atoms in total. The summed E-state index contributed by atoms with van der Waals surface area (Å²) in [5.74, 6) is 0. The number of nitrogens with zero attached hydrogens (tertiary/aromatic N) is 1. The molecular formula is C8H10ClNO2. The molecule has 0 radical (unpaired) electrons. The van der Waals surface area contributed by atoms with Crippen molar-refractivity contribution in [2.24, 2.45) is 0 Å². The number of halogens is 1. The van der Waals surface area contributed by atoms with E-state index in [0.29, 0.717) is 0 Å². The molecule has 0 atom stereocenters. The van der Waals surface area contributed by atoms with Crippen LogP contribution in [0.25, 0.3) is 0 Å². The Labute approximate surface area is 77.1 Å². The van der Waals surface area contributed by atoms with Gasteiger partial charge in [-0.1, -0.05) is 17.6 Å². The number of rotatable bonds is 1. The summed E-state index contributed by atoms with van der Waals surface area (Å²) in [4.78, 5) is 10.5. The number of hydrogen-bond acceptors (Lipinski definition) is 1. The minimum atomic E-state index is -0.928. The molecule has 0 aliphatic heterocycles. The van der Waals surface area contributed by atoms with Gasteiger partial charge in [-0.3, -0.25) is 0 Å². The Balaban J connectivity index is 0.00000121. The zero-order valence-corrected chi connectivity index (χ0v) is 7.45. The van der Waals surface area contributed by atoms with Crippen LogP contribution in [0.3, 0.4) is 0 Å². The van der Waals surface area contributed by atoms with Crippen molar-refractivity contribution in [3.63, 3.8) is 0 Å². The van der Waals surface area contributed by atoms with Crippen molar-refractivity contribution in [2.45, 2.75) is 13.3 Å². The third-order valence-electron chi connectivity index (χ3n) is 1.51. The summed E-state index contributed by atoms with van der Waals surface area (Å²) in [6.07, 6.45) is 1.34. The van der Waals surface area contributed by atoms with E-state index in [1.165, 1.54) is 4.57 Å². The number of carbonyl (C=O) groups is 1. The van der Waals surface area contributed by atoms with Crippen LogP contribution in [0.2, 0.25) is 0 Å². The summed E-state index contributed by atoms with van der Waals surface area (Å²) >= 11 is 0. The first-order valence-electron chi connectivity index (χ1n) is 3.48. The Hall–Kier alpha value is -1.09. The van der Waals surface area contributed by atoms with E-state index in [4.69, 9.17) is 5.11 Å². The average Bonchev–Trinajstić information content (AvgIpc) is 2.04. The molecular weight excluding hydrogens is 178 g/mol. The Bertz CT molecular complexity index is 276. The van der Waals surface area contributed by atoms with E-state index in [2.05, 4.69) is 0 Å². The third-order valence-corrected chi connectivity index (χ3v) is 1.51. The second-order valence-corrected chi connectivity index (χ2v) is 2.20. The zero-order chi connectivity index (χ0) is 8.27. The van der Waals surface area contributed by atoms with Crippen molar-refractivity contribution < 1.29 is 26.9 Å². The molecule has 0 aliphatic rings. The molecule has 1 aromatic rings. The van der Waals surface area contributed by atoms with Crippen molar-refractivity contribution in [3.8, 4) is 0 Å². The van der Waals surface area contributed by atoms with Crippen LogP contribution >= 0.6 is 0 Å². The first-order valence-corrected chi connectivity index (χ1v) is 3.48. The number of hydrogen-bond donors (Lipinski definition) is 1. The second kappa shape index (κ2) is 4.72. The molecule has 0 fully saturated rings. The van der Waals surface area contributed by atoms with E-state index in [0.717, 1.165) is 12.1 Å². The minimum absolute atomic E-state index is 0. The van der Waals surface area contributed by atoms with Gasteiger partial charge in [0.1, 0.15) is 0 Å². The molecule has 66 valence electrons. The summed E-state index contributed by atoms with van der Waals surface area (Å²) < 4.78 is 1.22. The van der Waals surface area contributed by atoms with Crippen molar-refractivity contribution in [2.75, 3.05) is 0 Å². The zero-order valence-electron chi connectivity index (χ0n) is 6.70. The van der Waals surface area contributed by atoms with E-state index in [9.17, 15) is 4.79 Å². The quantitative estimate of drug-likeness (QED) is 0.521. The molecule has 0 aliphatic carbocycles. The maximum atomic E-state index is 10.5. The van der Waals surface area contributed by atoms with Crippen molar-refractivity contribution in [1.82, 2.24) is 0 Å². The lowest BCUT2D eigenvalue weighted by atomic mass is 10.3. The summed E-state index contributed by atoms with van der Waals surface area (Å²) in [6.45, 7) is 1.93. The predicted molar refractivity (Wildman–Crippen MR) is 39.4 cm³/mol. The number of carboxylic acid groups (broad SMARTS) is 1. The topological polar surface area (TPSA) is 41.2 Å². The van der Waals surface area contributed by atoms with Gasteiger partial charge in [0, 0.05) is 18.6 Å². The van der Waals surface area contributed by atoms with Gasteiger partial charge in [-0.05, 0) is 0 Å². The van der Waals surface area contributed by atoms with Crippen LogP contribution in [0.4, 0.5) is 4.79 Å². The molecule has 0 bridgehead atoms. The predicted octanol–water partition coefficient (Wildman–Crippen LogP) is -1.93. The van der Waals surface area contributed by atoms with Gasteiger partial charge in [-0.15, -0.1) is 0 Å². The van der Waals surface area contributed by atoms with Crippen molar-refractivity contribution >= 4 is 6.09 Å². The summed E-state index contributed by atoms with van der Waals surface area (Å²) in [6, 6.07) is 5.33. The fourth-order valence-electron chi connectivity index (χ4n) is 0.953. The van der Waals surface area contributed by atoms with Gasteiger partial charge in [-0.2, -0.15) is 4.79 Å². The summed E-state index contributed by atoms with van der Waals surface area (Å²) in [7, 11) is 0. The molecule has 4 heteroatoms. The van der Waals surface area contributed by atoms with E-state index < -0.39 is 6.09 Å². The molecule has 0 amide bonds. The highest BCUT2D eigenvalue weighted by Crippen LogP contribution is 1.90. The largest absolute Gasteiger partial charge is 1.00 e.